The van der Waals surface area contributed by atoms with Gasteiger partial charge in [0.1, 0.15) is 5.82 Å². The van der Waals surface area contributed by atoms with Crippen molar-refractivity contribution in [3.05, 3.63) is 66.3 Å². The molecule has 0 unspecified atom stereocenters. The van der Waals surface area contributed by atoms with Gasteiger partial charge >= 0.3 is 17.8 Å². The lowest BCUT2D eigenvalue weighted by Crippen LogP contribution is -2.12. The average molecular weight is 297 g/mol. The highest BCUT2D eigenvalue weighted by Crippen LogP contribution is 2.18. The van der Waals surface area contributed by atoms with Crippen molar-refractivity contribution in [1.29, 1.82) is 0 Å². The van der Waals surface area contributed by atoms with Crippen LogP contribution in [0.2, 0.25) is 0 Å². The summed E-state index contributed by atoms with van der Waals surface area (Å²) in [5.41, 5.74) is 0.656. The van der Waals surface area contributed by atoms with Gasteiger partial charge in [0, 0.05) is 11.8 Å². The molecule has 0 atom stereocenters. The molecule has 3 aromatic rings. The zero-order valence-electron chi connectivity index (χ0n) is 11.2. The predicted octanol–water partition coefficient (Wildman–Crippen LogP) is 3.00. The van der Waals surface area contributed by atoms with E-state index in [9.17, 15) is 9.18 Å². The maximum atomic E-state index is 13.5. The summed E-state index contributed by atoms with van der Waals surface area (Å²) in [7, 11) is 0. The molecule has 2 aromatic carbocycles. The van der Waals surface area contributed by atoms with Crippen LogP contribution >= 0.6 is 0 Å². The number of benzene rings is 2. The Morgan fingerprint density at radius 2 is 1.95 bits per heavy atom. The molecule has 1 amide bonds. The van der Waals surface area contributed by atoms with Crippen LogP contribution in [0.1, 0.15) is 10.7 Å². The maximum Gasteiger partial charge on any atom is 0.320 e. The normalized spacial score (nSPS) is 10.2. The average Bonchev–Trinajstić information content (AvgIpc) is 2.99. The quantitative estimate of drug-likeness (QED) is 0.773. The van der Waals surface area contributed by atoms with E-state index in [1.165, 1.54) is 12.1 Å². The Kier molecular flexibility index (Phi) is 3.78. The molecule has 0 saturated carbocycles. The van der Waals surface area contributed by atoms with E-state index in [1.807, 2.05) is 0 Å². The summed E-state index contributed by atoms with van der Waals surface area (Å²) in [6, 6.07) is 15.6. The second-order valence-corrected chi connectivity index (χ2v) is 4.25. The van der Waals surface area contributed by atoms with E-state index in [1.54, 1.807) is 36.4 Å². The van der Waals surface area contributed by atoms with E-state index in [0.29, 0.717) is 5.69 Å². The molecule has 0 aliphatic heterocycles. The Bertz CT molecular complexity index is 789. The molecule has 0 aliphatic rings. The SMILES string of the molecule is O=C(Nc1[c]cccc1)c1nnc(Nc2ccccc2F)o1. The minimum absolute atomic E-state index is 0.0766. The summed E-state index contributed by atoms with van der Waals surface area (Å²) in [4.78, 5) is 11.9. The van der Waals surface area contributed by atoms with E-state index in [-0.39, 0.29) is 17.6 Å². The van der Waals surface area contributed by atoms with Crippen molar-refractivity contribution < 1.29 is 13.6 Å². The third-order valence-corrected chi connectivity index (χ3v) is 2.69. The van der Waals surface area contributed by atoms with E-state index >= 15 is 0 Å². The van der Waals surface area contributed by atoms with Gasteiger partial charge in [0.05, 0.1) is 5.69 Å². The number of para-hydroxylation sites is 2. The Morgan fingerprint density at radius 1 is 1.14 bits per heavy atom. The fraction of sp³-hybridized carbons (Fsp3) is 0. The molecule has 3 rings (SSSR count). The number of rotatable bonds is 4. The number of amides is 1. The molecule has 0 bridgehead atoms. The van der Waals surface area contributed by atoms with E-state index in [2.05, 4.69) is 26.9 Å². The molecule has 1 heterocycles. The highest BCUT2D eigenvalue weighted by molar-refractivity contribution is 6.00. The summed E-state index contributed by atoms with van der Waals surface area (Å²) in [6.45, 7) is 0. The third kappa shape index (κ3) is 3.09. The molecular formula is C15H10FN4O2. The first kappa shape index (κ1) is 13.7. The summed E-state index contributed by atoms with van der Waals surface area (Å²) >= 11 is 0. The maximum absolute atomic E-state index is 13.5. The highest BCUT2D eigenvalue weighted by Gasteiger charge is 2.15. The monoisotopic (exact) mass is 297 g/mol. The first-order chi connectivity index (χ1) is 10.7. The molecular weight excluding hydrogens is 287 g/mol. The summed E-state index contributed by atoms with van der Waals surface area (Å²) in [5, 5.41) is 12.4. The molecule has 6 nitrogen and oxygen atoms in total. The number of carbonyl (C=O) groups is 1. The molecule has 0 saturated heterocycles. The van der Waals surface area contributed by atoms with Crippen LogP contribution in [0, 0.1) is 11.9 Å². The van der Waals surface area contributed by atoms with Gasteiger partial charge < -0.3 is 15.1 Å². The molecule has 2 N–H and O–H groups in total. The lowest BCUT2D eigenvalue weighted by molar-refractivity contribution is 0.0991. The molecule has 1 radical (unpaired) electrons. The van der Waals surface area contributed by atoms with Crippen molar-refractivity contribution in [3.63, 3.8) is 0 Å². The van der Waals surface area contributed by atoms with E-state index < -0.39 is 11.7 Å². The van der Waals surface area contributed by atoms with Gasteiger partial charge in [-0.15, -0.1) is 5.10 Å². The van der Waals surface area contributed by atoms with E-state index in [0.717, 1.165) is 0 Å². The van der Waals surface area contributed by atoms with E-state index in [4.69, 9.17) is 4.42 Å². The van der Waals surface area contributed by atoms with Crippen molar-refractivity contribution >= 4 is 23.3 Å². The molecule has 0 fully saturated rings. The molecule has 1 aromatic heterocycles. The first-order valence-corrected chi connectivity index (χ1v) is 6.35. The number of hydrogen-bond donors (Lipinski definition) is 2. The number of nitrogens with one attached hydrogen (secondary N) is 2. The van der Waals surface area contributed by atoms with Crippen LogP contribution in [0.4, 0.5) is 21.8 Å². The van der Waals surface area contributed by atoms with Gasteiger partial charge in [0.25, 0.3) is 0 Å². The molecule has 109 valence electrons. The Morgan fingerprint density at radius 3 is 2.73 bits per heavy atom. The van der Waals surface area contributed by atoms with Gasteiger partial charge in [-0.1, -0.05) is 35.4 Å². The number of aromatic nitrogens is 2. The van der Waals surface area contributed by atoms with Gasteiger partial charge in [-0.25, -0.2) is 4.39 Å². The van der Waals surface area contributed by atoms with Crippen LogP contribution in [0.3, 0.4) is 0 Å². The van der Waals surface area contributed by atoms with Gasteiger partial charge in [-0.2, -0.15) is 0 Å². The summed E-state index contributed by atoms with van der Waals surface area (Å²) in [5.74, 6) is -1.28. The van der Waals surface area contributed by atoms with Gasteiger partial charge in [0.2, 0.25) is 0 Å². The van der Waals surface area contributed by atoms with Crippen molar-refractivity contribution in [2.75, 3.05) is 10.6 Å². The Hall–Kier alpha value is -3.22. The number of carbonyl (C=O) groups excluding carboxylic acids is 1. The highest BCUT2D eigenvalue weighted by atomic mass is 19.1. The fourth-order valence-electron chi connectivity index (χ4n) is 1.69. The molecule has 22 heavy (non-hydrogen) atoms. The zero-order valence-corrected chi connectivity index (χ0v) is 11.2. The van der Waals surface area contributed by atoms with Crippen LogP contribution in [-0.4, -0.2) is 16.1 Å². The number of hydrogen-bond acceptors (Lipinski definition) is 5. The third-order valence-electron chi connectivity index (χ3n) is 2.69. The topological polar surface area (TPSA) is 80.0 Å². The van der Waals surface area contributed by atoms with Crippen molar-refractivity contribution in [2.45, 2.75) is 0 Å². The summed E-state index contributed by atoms with van der Waals surface area (Å²) in [6.07, 6.45) is 0. The van der Waals surface area contributed by atoms with Crippen LogP contribution in [0.25, 0.3) is 0 Å². The fourth-order valence-corrected chi connectivity index (χ4v) is 1.69. The van der Waals surface area contributed by atoms with Crippen LogP contribution < -0.4 is 10.6 Å². The minimum Gasteiger partial charge on any atom is -0.399 e. The van der Waals surface area contributed by atoms with Crippen LogP contribution in [0.15, 0.2) is 52.9 Å². The lowest BCUT2D eigenvalue weighted by atomic mass is 10.3. The van der Waals surface area contributed by atoms with Crippen molar-refractivity contribution in [2.24, 2.45) is 0 Å². The number of halogens is 1. The van der Waals surface area contributed by atoms with Crippen molar-refractivity contribution in [3.8, 4) is 0 Å². The number of nitrogens with zero attached hydrogens (tertiary/aromatic N) is 2. The van der Waals surface area contributed by atoms with Gasteiger partial charge in [0.15, 0.2) is 0 Å². The second kappa shape index (κ2) is 6.04. The zero-order chi connectivity index (χ0) is 15.4. The molecule has 7 heteroatoms. The minimum atomic E-state index is -0.573. The number of anilines is 3. The van der Waals surface area contributed by atoms with Crippen LogP contribution in [-0.2, 0) is 0 Å². The van der Waals surface area contributed by atoms with Gasteiger partial charge in [-0.3, -0.25) is 4.79 Å². The standard InChI is InChI=1S/C15H10FN4O2/c16-11-8-4-5-9-12(11)18-15-20-19-14(22-15)13(21)17-10-6-2-1-3-7-10/h1-6,8-9H,(H,17,21)(H,18,20). The molecule has 0 aliphatic carbocycles. The smallest absolute Gasteiger partial charge is 0.320 e. The largest absolute Gasteiger partial charge is 0.399 e. The second-order valence-electron chi connectivity index (χ2n) is 4.25. The Labute approximate surface area is 125 Å². The Balaban J connectivity index is 1.71. The first-order valence-electron chi connectivity index (χ1n) is 6.35. The van der Waals surface area contributed by atoms with Crippen LogP contribution in [0.5, 0.6) is 0 Å². The summed E-state index contributed by atoms with van der Waals surface area (Å²) < 4.78 is 18.6. The predicted molar refractivity (Wildman–Crippen MR) is 77.2 cm³/mol. The molecule has 0 spiro atoms. The van der Waals surface area contributed by atoms with Crippen molar-refractivity contribution in [1.82, 2.24) is 10.2 Å². The lowest BCUT2D eigenvalue weighted by Gasteiger charge is -2.02. The van der Waals surface area contributed by atoms with Gasteiger partial charge in [-0.05, 0) is 18.2 Å².